The molecule has 1 N–H and O–H groups in total. The van der Waals surface area contributed by atoms with E-state index in [1.807, 2.05) is 0 Å². The van der Waals surface area contributed by atoms with Gasteiger partial charge in [-0.05, 0) is 47.4 Å². The number of aromatic nitrogens is 3. The van der Waals surface area contributed by atoms with E-state index >= 15 is 0 Å². The number of carbonyl (C=O) groups excluding carboxylic acids is 1. The molecule has 38 heavy (non-hydrogen) atoms. The molecule has 0 saturated carbocycles. The molecule has 3 aromatic rings. The summed E-state index contributed by atoms with van der Waals surface area (Å²) in [6.45, 7) is 6.64. The van der Waals surface area contributed by atoms with Crippen molar-refractivity contribution in [3.63, 3.8) is 0 Å². The van der Waals surface area contributed by atoms with Gasteiger partial charge in [0.1, 0.15) is 0 Å². The molecule has 1 aliphatic rings. The van der Waals surface area contributed by atoms with Crippen LogP contribution in [-0.2, 0) is 35.6 Å². The predicted octanol–water partition coefficient (Wildman–Crippen LogP) is 4.33. The summed E-state index contributed by atoms with van der Waals surface area (Å²) in [5.41, 5.74) is 2.58. The average Bonchev–Trinajstić information content (AvgIpc) is 3.24. The number of alkyl halides is 3. The average molecular weight is 548 g/mol. The SMILES string of the molecule is CCS(=O)(=O)c1ccc(CNC(=O)c2cnc3c(c2)CN(Cc2ccc(C(F)(F)F)cc2)C3C(C)C)nn1. The maximum Gasteiger partial charge on any atom is 0.416 e. The summed E-state index contributed by atoms with van der Waals surface area (Å²) in [5.74, 6) is -0.256. The first-order valence-corrected chi connectivity index (χ1v) is 13.8. The molecule has 12 heteroatoms. The minimum absolute atomic E-state index is 0.0439. The van der Waals surface area contributed by atoms with Gasteiger partial charge >= 0.3 is 6.18 Å². The van der Waals surface area contributed by atoms with Crippen molar-refractivity contribution in [2.45, 2.75) is 57.6 Å². The molecule has 0 fully saturated rings. The van der Waals surface area contributed by atoms with E-state index in [1.165, 1.54) is 37.4 Å². The van der Waals surface area contributed by atoms with Gasteiger partial charge in [0.25, 0.3) is 5.91 Å². The monoisotopic (exact) mass is 547 g/mol. The molecule has 1 amide bonds. The van der Waals surface area contributed by atoms with Crippen molar-refractivity contribution in [2.24, 2.45) is 5.92 Å². The molecule has 8 nitrogen and oxygen atoms in total. The third-order valence-electron chi connectivity index (χ3n) is 6.43. The summed E-state index contributed by atoms with van der Waals surface area (Å²) in [6, 6.07) is 9.75. The number of hydrogen-bond acceptors (Lipinski definition) is 7. The van der Waals surface area contributed by atoms with Gasteiger partial charge in [-0.3, -0.25) is 14.7 Å². The predicted molar refractivity (Wildman–Crippen MR) is 133 cm³/mol. The second-order valence-electron chi connectivity index (χ2n) is 9.51. The van der Waals surface area contributed by atoms with Gasteiger partial charge < -0.3 is 5.32 Å². The number of sulfone groups is 1. The molecule has 3 heterocycles. The van der Waals surface area contributed by atoms with Crippen LogP contribution in [0.3, 0.4) is 0 Å². The fourth-order valence-corrected chi connectivity index (χ4v) is 5.22. The third-order valence-corrected chi connectivity index (χ3v) is 8.05. The molecule has 4 rings (SSSR count). The normalized spacial score (nSPS) is 16.0. The van der Waals surface area contributed by atoms with E-state index in [0.717, 1.165) is 29.0 Å². The van der Waals surface area contributed by atoms with E-state index in [4.69, 9.17) is 0 Å². The number of nitrogens with one attached hydrogen (secondary N) is 1. The highest BCUT2D eigenvalue weighted by molar-refractivity contribution is 7.91. The number of benzene rings is 1. The summed E-state index contributed by atoms with van der Waals surface area (Å²) < 4.78 is 62.5. The topological polar surface area (TPSA) is 105 Å². The lowest BCUT2D eigenvalue weighted by molar-refractivity contribution is -0.137. The zero-order chi connectivity index (χ0) is 27.7. The molecule has 1 unspecified atom stereocenters. The smallest absolute Gasteiger partial charge is 0.346 e. The van der Waals surface area contributed by atoms with E-state index < -0.39 is 21.6 Å². The van der Waals surface area contributed by atoms with Crippen molar-refractivity contribution in [1.82, 2.24) is 25.4 Å². The number of carbonyl (C=O) groups is 1. The molecule has 1 aliphatic heterocycles. The van der Waals surface area contributed by atoms with Crippen LogP contribution in [-0.4, -0.2) is 40.2 Å². The Labute approximate surface area is 219 Å². The van der Waals surface area contributed by atoms with Gasteiger partial charge in [0, 0.05) is 19.3 Å². The van der Waals surface area contributed by atoms with E-state index in [0.29, 0.717) is 24.3 Å². The van der Waals surface area contributed by atoms with Crippen LogP contribution in [0, 0.1) is 5.92 Å². The Kier molecular flexibility index (Phi) is 7.84. The zero-order valence-corrected chi connectivity index (χ0v) is 22.0. The van der Waals surface area contributed by atoms with E-state index in [-0.39, 0.29) is 35.2 Å². The second-order valence-corrected chi connectivity index (χ2v) is 11.7. The van der Waals surface area contributed by atoms with Gasteiger partial charge in [-0.2, -0.15) is 18.3 Å². The van der Waals surface area contributed by atoms with Crippen molar-refractivity contribution in [1.29, 1.82) is 0 Å². The molecule has 1 atom stereocenters. The van der Waals surface area contributed by atoms with Crippen molar-refractivity contribution in [2.75, 3.05) is 5.75 Å². The number of pyridine rings is 1. The van der Waals surface area contributed by atoms with Crippen molar-refractivity contribution in [3.8, 4) is 0 Å². The van der Waals surface area contributed by atoms with Crippen LogP contribution in [0.1, 0.15) is 65.2 Å². The molecular weight excluding hydrogens is 519 g/mol. The summed E-state index contributed by atoms with van der Waals surface area (Å²) in [6.07, 6.45) is -2.87. The number of nitrogens with zero attached hydrogens (tertiary/aromatic N) is 4. The summed E-state index contributed by atoms with van der Waals surface area (Å²) in [4.78, 5) is 19.5. The fraction of sp³-hybridized carbons (Fsp3) is 0.385. The molecule has 1 aromatic carbocycles. The lowest BCUT2D eigenvalue weighted by Crippen LogP contribution is -2.26. The van der Waals surface area contributed by atoms with E-state index in [9.17, 15) is 26.4 Å². The molecular formula is C26H28F3N5O3S. The second kappa shape index (κ2) is 10.8. The molecule has 0 aliphatic carbocycles. The fourth-order valence-electron chi connectivity index (χ4n) is 4.48. The zero-order valence-electron chi connectivity index (χ0n) is 21.2. The Balaban J connectivity index is 1.44. The molecule has 0 bridgehead atoms. The first-order valence-electron chi connectivity index (χ1n) is 12.1. The Morgan fingerprint density at radius 1 is 1.13 bits per heavy atom. The van der Waals surface area contributed by atoms with Gasteiger partial charge in [-0.1, -0.05) is 32.9 Å². The Morgan fingerprint density at radius 2 is 1.84 bits per heavy atom. The van der Waals surface area contributed by atoms with E-state index in [2.05, 4.69) is 39.2 Å². The lowest BCUT2D eigenvalue weighted by Gasteiger charge is -2.27. The minimum atomic E-state index is -4.38. The number of halogens is 3. The number of fused-ring (bicyclic) bond motifs is 1. The Morgan fingerprint density at radius 3 is 2.42 bits per heavy atom. The molecule has 202 valence electrons. The number of hydrogen-bond donors (Lipinski definition) is 1. The number of amides is 1. The third kappa shape index (κ3) is 6.02. The quantitative estimate of drug-likeness (QED) is 0.448. The summed E-state index contributed by atoms with van der Waals surface area (Å²) in [7, 11) is -3.46. The van der Waals surface area contributed by atoms with Gasteiger partial charge in [0.2, 0.25) is 0 Å². The maximum absolute atomic E-state index is 12.9. The highest BCUT2D eigenvalue weighted by Gasteiger charge is 2.35. The summed E-state index contributed by atoms with van der Waals surface area (Å²) >= 11 is 0. The Bertz CT molecular complexity index is 1410. The first kappa shape index (κ1) is 27.6. The van der Waals surface area contributed by atoms with E-state index in [1.54, 1.807) is 6.07 Å². The first-order chi connectivity index (χ1) is 17.9. The highest BCUT2D eigenvalue weighted by Crippen LogP contribution is 2.39. The summed E-state index contributed by atoms with van der Waals surface area (Å²) in [5, 5.41) is 10.3. The van der Waals surface area contributed by atoms with Crippen molar-refractivity contribution < 1.29 is 26.4 Å². The van der Waals surface area contributed by atoms with Crippen LogP contribution in [0.2, 0.25) is 0 Å². The lowest BCUT2D eigenvalue weighted by atomic mass is 9.99. The molecule has 2 aromatic heterocycles. The van der Waals surface area contributed by atoms with Crippen molar-refractivity contribution in [3.05, 3.63) is 82.3 Å². The highest BCUT2D eigenvalue weighted by atomic mass is 32.2. The van der Waals surface area contributed by atoms with Crippen molar-refractivity contribution >= 4 is 15.7 Å². The number of rotatable bonds is 8. The molecule has 0 spiro atoms. The maximum atomic E-state index is 12.9. The minimum Gasteiger partial charge on any atom is -0.346 e. The van der Waals surface area contributed by atoms with Crippen LogP contribution in [0.15, 0.2) is 53.7 Å². The van der Waals surface area contributed by atoms with Gasteiger partial charge in [0.15, 0.2) is 14.9 Å². The van der Waals surface area contributed by atoms with Gasteiger partial charge in [-0.25, -0.2) is 8.42 Å². The molecule has 0 radical (unpaired) electrons. The van der Waals surface area contributed by atoms with Crippen LogP contribution in [0.25, 0.3) is 0 Å². The van der Waals surface area contributed by atoms with Crippen LogP contribution < -0.4 is 5.32 Å². The van der Waals surface area contributed by atoms with Crippen LogP contribution in [0.4, 0.5) is 13.2 Å². The van der Waals surface area contributed by atoms with Gasteiger partial charge in [0.05, 0.1) is 40.9 Å². The standard InChI is InChI=1S/C26H28F3N5O3S/c1-4-38(36,37)22-10-9-21(32-33-22)13-31-25(35)18-11-19-15-34(24(16(2)3)23(19)30-12-18)14-17-5-7-20(8-6-17)26(27,28)29/h5-12,16,24H,4,13-15H2,1-3H3,(H,31,35). The van der Waals surface area contributed by atoms with Crippen LogP contribution >= 0.6 is 0 Å². The van der Waals surface area contributed by atoms with Gasteiger partial charge in [-0.15, -0.1) is 5.10 Å². The Hall–Kier alpha value is -3.38. The van der Waals surface area contributed by atoms with Crippen LogP contribution in [0.5, 0.6) is 0 Å². The molecule has 0 saturated heterocycles. The largest absolute Gasteiger partial charge is 0.416 e.